The number of para-hydroxylation sites is 1. The van der Waals surface area contributed by atoms with E-state index in [4.69, 9.17) is 9.84 Å². The van der Waals surface area contributed by atoms with Crippen LogP contribution in [0.15, 0.2) is 24.3 Å². The summed E-state index contributed by atoms with van der Waals surface area (Å²) in [5, 5.41) is 17.3. The predicted molar refractivity (Wildman–Crippen MR) is 75.1 cm³/mol. The van der Waals surface area contributed by atoms with Crippen LogP contribution >= 0.6 is 0 Å². The molecular formula is C15H17N3O3. The number of hydrogen-bond acceptors (Lipinski definition) is 4. The van der Waals surface area contributed by atoms with E-state index in [0.717, 1.165) is 37.5 Å². The largest absolute Gasteiger partial charge is 0.485 e. The maximum absolute atomic E-state index is 10.9. The average molecular weight is 287 g/mol. The van der Waals surface area contributed by atoms with Crippen molar-refractivity contribution in [1.29, 1.82) is 0 Å². The molecule has 6 nitrogen and oxygen atoms in total. The summed E-state index contributed by atoms with van der Waals surface area (Å²) in [6.45, 7) is 1.24. The molecule has 0 atom stereocenters. The normalized spacial score (nSPS) is 13.7. The van der Waals surface area contributed by atoms with Crippen LogP contribution in [-0.2, 0) is 30.8 Å². The molecule has 0 saturated heterocycles. The lowest BCUT2D eigenvalue weighted by Crippen LogP contribution is -2.14. The van der Waals surface area contributed by atoms with Gasteiger partial charge in [0.15, 0.2) is 5.82 Å². The highest BCUT2D eigenvalue weighted by molar-refractivity contribution is 5.71. The van der Waals surface area contributed by atoms with Crippen LogP contribution in [0.25, 0.3) is 0 Å². The summed E-state index contributed by atoms with van der Waals surface area (Å²) in [7, 11) is 0. The van der Waals surface area contributed by atoms with Gasteiger partial charge in [0.05, 0.1) is 6.42 Å². The minimum atomic E-state index is -0.870. The van der Waals surface area contributed by atoms with E-state index < -0.39 is 5.97 Å². The van der Waals surface area contributed by atoms with Gasteiger partial charge in [-0.2, -0.15) is 0 Å². The number of fused-ring (bicyclic) bond motifs is 1. The van der Waals surface area contributed by atoms with E-state index >= 15 is 0 Å². The van der Waals surface area contributed by atoms with Gasteiger partial charge in [-0.1, -0.05) is 18.2 Å². The number of aliphatic carboxylic acids is 1. The third-order valence-electron chi connectivity index (χ3n) is 3.61. The van der Waals surface area contributed by atoms with Crippen LogP contribution in [-0.4, -0.2) is 25.8 Å². The second-order valence-electron chi connectivity index (χ2n) is 5.11. The number of carboxylic acids is 1. The maximum Gasteiger partial charge on any atom is 0.307 e. The Bertz CT molecular complexity index is 651. The fourth-order valence-electron chi connectivity index (χ4n) is 2.57. The zero-order valence-electron chi connectivity index (χ0n) is 11.7. The Hall–Kier alpha value is -2.37. The number of aromatic nitrogens is 3. The second-order valence-corrected chi connectivity index (χ2v) is 5.11. The Morgan fingerprint density at radius 3 is 3.00 bits per heavy atom. The molecule has 0 radical (unpaired) electrons. The summed E-state index contributed by atoms with van der Waals surface area (Å²) in [6.07, 6.45) is 3.20. The summed E-state index contributed by atoms with van der Waals surface area (Å²) in [5.41, 5.74) is 0.670. The lowest BCUT2D eigenvalue weighted by Gasteiger charge is -2.15. The van der Waals surface area contributed by atoms with Crippen molar-refractivity contribution in [2.75, 3.05) is 0 Å². The van der Waals surface area contributed by atoms with Gasteiger partial charge < -0.3 is 14.4 Å². The first-order chi connectivity index (χ1) is 10.2. The first-order valence-corrected chi connectivity index (χ1v) is 7.07. The van der Waals surface area contributed by atoms with Gasteiger partial charge in [0.25, 0.3) is 0 Å². The Morgan fingerprint density at radius 1 is 1.29 bits per heavy atom. The molecule has 21 heavy (non-hydrogen) atoms. The van der Waals surface area contributed by atoms with Crippen LogP contribution in [0.2, 0.25) is 0 Å². The van der Waals surface area contributed by atoms with Gasteiger partial charge in [-0.3, -0.25) is 4.79 Å². The van der Waals surface area contributed by atoms with Crippen molar-refractivity contribution in [3.63, 3.8) is 0 Å². The maximum atomic E-state index is 10.9. The van der Waals surface area contributed by atoms with Crippen LogP contribution in [0, 0.1) is 0 Å². The highest BCUT2D eigenvalue weighted by atomic mass is 16.5. The van der Waals surface area contributed by atoms with Gasteiger partial charge in [-0.25, -0.2) is 0 Å². The third kappa shape index (κ3) is 3.04. The lowest BCUT2D eigenvalue weighted by atomic mass is 10.1. The van der Waals surface area contributed by atoms with Gasteiger partial charge in [0.1, 0.15) is 18.2 Å². The molecule has 0 aliphatic carbocycles. The molecule has 0 unspecified atom stereocenters. The molecule has 110 valence electrons. The van der Waals surface area contributed by atoms with E-state index in [-0.39, 0.29) is 6.42 Å². The topological polar surface area (TPSA) is 77.2 Å². The molecule has 0 spiro atoms. The number of nitrogens with zero attached hydrogens (tertiary/aromatic N) is 3. The molecule has 0 fully saturated rings. The highest BCUT2D eigenvalue weighted by Gasteiger charge is 2.16. The molecule has 0 amide bonds. The van der Waals surface area contributed by atoms with Gasteiger partial charge in [0, 0.05) is 18.5 Å². The number of aryl methyl sites for hydroxylation is 1. The molecule has 0 saturated carbocycles. The van der Waals surface area contributed by atoms with Crippen molar-refractivity contribution >= 4 is 5.97 Å². The molecule has 3 rings (SSSR count). The number of carboxylic acid groups (broad SMARTS) is 1. The molecule has 1 N–H and O–H groups in total. The van der Waals surface area contributed by atoms with E-state index in [1.807, 2.05) is 12.1 Å². The van der Waals surface area contributed by atoms with Crippen LogP contribution in [0.3, 0.4) is 0 Å². The quantitative estimate of drug-likeness (QED) is 0.907. The van der Waals surface area contributed by atoms with Gasteiger partial charge in [-0.05, 0) is 18.9 Å². The zero-order chi connectivity index (χ0) is 14.7. The Labute approximate surface area is 122 Å². The van der Waals surface area contributed by atoms with Crippen molar-refractivity contribution in [2.24, 2.45) is 0 Å². The number of carbonyl (C=O) groups is 1. The van der Waals surface area contributed by atoms with E-state index in [9.17, 15) is 4.79 Å². The van der Waals surface area contributed by atoms with Crippen molar-refractivity contribution < 1.29 is 14.6 Å². The zero-order valence-corrected chi connectivity index (χ0v) is 11.7. The Balaban J connectivity index is 1.73. The summed E-state index contributed by atoms with van der Waals surface area (Å²) >= 11 is 0. The molecule has 0 bridgehead atoms. The van der Waals surface area contributed by atoms with Crippen molar-refractivity contribution in [3.8, 4) is 5.75 Å². The molecule has 1 aromatic carbocycles. The highest BCUT2D eigenvalue weighted by Crippen LogP contribution is 2.21. The van der Waals surface area contributed by atoms with Crippen LogP contribution in [0.4, 0.5) is 0 Å². The van der Waals surface area contributed by atoms with Gasteiger partial charge in [0.2, 0.25) is 0 Å². The number of rotatable bonds is 5. The smallest absolute Gasteiger partial charge is 0.307 e. The van der Waals surface area contributed by atoms with Crippen molar-refractivity contribution in [2.45, 2.75) is 38.8 Å². The number of hydrogen-bond donors (Lipinski definition) is 1. The first-order valence-electron chi connectivity index (χ1n) is 7.07. The van der Waals surface area contributed by atoms with Crippen LogP contribution in [0.1, 0.15) is 30.1 Å². The Kier molecular flexibility index (Phi) is 3.85. The molecular weight excluding hydrogens is 270 g/mol. The first kappa shape index (κ1) is 13.6. The van der Waals surface area contributed by atoms with Gasteiger partial charge >= 0.3 is 5.97 Å². The molecule has 2 heterocycles. The lowest BCUT2D eigenvalue weighted by molar-refractivity contribution is -0.136. The van der Waals surface area contributed by atoms with Crippen molar-refractivity contribution in [3.05, 3.63) is 41.5 Å². The standard InChI is InChI=1S/C15H17N3O3/c19-15(20)9-11-5-1-2-6-12(11)21-10-14-17-16-13-7-3-4-8-18(13)14/h1-2,5-6H,3-4,7-10H2,(H,19,20). The monoisotopic (exact) mass is 287 g/mol. The van der Waals surface area contributed by atoms with Crippen LogP contribution < -0.4 is 4.74 Å². The summed E-state index contributed by atoms with van der Waals surface area (Å²) in [4.78, 5) is 10.9. The van der Waals surface area contributed by atoms with E-state index in [2.05, 4.69) is 14.8 Å². The fourth-order valence-corrected chi connectivity index (χ4v) is 2.57. The molecule has 1 aliphatic heterocycles. The average Bonchev–Trinajstić information content (AvgIpc) is 2.89. The van der Waals surface area contributed by atoms with Gasteiger partial charge in [-0.15, -0.1) is 10.2 Å². The predicted octanol–water partition coefficient (Wildman–Crippen LogP) is 1.82. The Morgan fingerprint density at radius 2 is 2.14 bits per heavy atom. The minimum Gasteiger partial charge on any atom is -0.485 e. The van der Waals surface area contributed by atoms with Crippen molar-refractivity contribution in [1.82, 2.24) is 14.8 Å². The SMILES string of the molecule is O=C(O)Cc1ccccc1OCc1nnc2n1CCCC2. The third-order valence-corrected chi connectivity index (χ3v) is 3.61. The fraction of sp³-hybridized carbons (Fsp3) is 0.400. The number of ether oxygens (including phenoxy) is 1. The molecule has 2 aromatic rings. The summed E-state index contributed by atoms with van der Waals surface area (Å²) in [6, 6.07) is 7.19. The summed E-state index contributed by atoms with van der Waals surface area (Å²) in [5.74, 6) is 1.53. The van der Waals surface area contributed by atoms with Crippen LogP contribution in [0.5, 0.6) is 5.75 Å². The molecule has 1 aliphatic rings. The molecule has 1 aromatic heterocycles. The summed E-state index contributed by atoms with van der Waals surface area (Å²) < 4.78 is 7.86. The van der Waals surface area contributed by atoms with E-state index in [0.29, 0.717) is 17.9 Å². The number of benzene rings is 1. The minimum absolute atomic E-state index is 0.0475. The second kappa shape index (κ2) is 5.95. The van der Waals surface area contributed by atoms with E-state index in [1.54, 1.807) is 12.1 Å². The van der Waals surface area contributed by atoms with E-state index in [1.165, 1.54) is 0 Å². The molecule has 6 heteroatoms.